The van der Waals surface area contributed by atoms with Crippen LogP contribution in [0, 0.1) is 29.5 Å². The van der Waals surface area contributed by atoms with Crippen molar-refractivity contribution in [1.29, 1.82) is 0 Å². The number of fused-ring (bicyclic) bond motifs is 1. The van der Waals surface area contributed by atoms with E-state index in [2.05, 4.69) is 21.1 Å². The van der Waals surface area contributed by atoms with Gasteiger partial charge in [-0.1, -0.05) is 46.7 Å². The van der Waals surface area contributed by atoms with Crippen LogP contribution in [0.15, 0.2) is 28.3 Å². The molecule has 2 aromatic rings. The molecule has 96 heavy (non-hydrogen) atoms. The number of carbonyl (C=O) groups is 2. The Morgan fingerprint density at radius 1 is 0.875 bits per heavy atom. The molecule has 8 unspecified atom stereocenters. The summed E-state index contributed by atoms with van der Waals surface area (Å²) in [5, 5.41) is 100. The number of carboxylic acids is 1. The minimum atomic E-state index is -1.97. The molecule has 0 bridgehead atoms. The number of rotatable bonds is 25. The number of nitrogens with zero attached hydrogens (tertiary/aromatic N) is 4. The quantitative estimate of drug-likeness (QED) is 0.0293. The average molecular weight is 1370 g/mol. The first-order valence-corrected chi connectivity index (χ1v) is 34.4. The number of cyclic esters (lactones) is 1. The number of halogens is 1. The van der Waals surface area contributed by atoms with Crippen molar-refractivity contribution in [3.8, 4) is 0 Å². The lowest BCUT2D eigenvalue weighted by Gasteiger charge is -2.49. The molecule has 1 aliphatic carbocycles. The first-order valence-electron chi connectivity index (χ1n) is 34.4. The Bertz CT molecular complexity index is 2770. The molecule has 1 aromatic heterocycles. The fourth-order valence-corrected chi connectivity index (χ4v) is 13.5. The van der Waals surface area contributed by atoms with Crippen LogP contribution < -0.4 is 26.3 Å². The molecule has 7 rings (SSSR count). The van der Waals surface area contributed by atoms with Crippen LogP contribution in [0.2, 0.25) is 0 Å². The standard InChI is InChI=1S/C41H76N2O15.C17H18FN3O3.C10H24N2O2/c1-15-29-41(10,49)34(45)24(4)31(42-53-21-52-17-16-50-13)22(2)19-39(8,48)36(58-38-32(44)28(43(11)12)18-23(3)54-38)25(5)33(26(6)37(47)56-29)57-30-20-40(9,51-14)35(46)27(7)55-30;18-13-7-11-14(8-15(13)20-5-3-19-4-6-20)21(10-1-2-10)9-12(16(11)22)17(23)24;1-3-9(7-13)11-5-6-12-10(4-2)8-14/h22-30,32-36,38,44-46,48-49H,15-21H2,1-14H3;7-10,19H,1-6H2,(H,23,24);9-14H,3-8H2,1-2H3/b42-31+;;/t22-,23?,24+,25+,26-,27?,28?,29-,30?,32?,33+,34-,35?,36-,38?,39-,40?,41-;;9-,10-/m1.0/s1. The highest BCUT2D eigenvalue weighted by Gasteiger charge is 2.54. The van der Waals surface area contributed by atoms with Gasteiger partial charge in [0.2, 0.25) is 12.2 Å². The summed E-state index contributed by atoms with van der Waals surface area (Å²) in [6.07, 6.45) is -4.33. The van der Waals surface area contributed by atoms with Crippen molar-refractivity contribution in [2.45, 2.75) is 237 Å². The molecule has 4 saturated heterocycles. The monoisotopic (exact) mass is 1370 g/mol. The number of benzene rings is 1. The molecule has 28 heteroatoms. The second kappa shape index (κ2) is 38.0. The molecule has 5 aliphatic rings. The van der Waals surface area contributed by atoms with Gasteiger partial charge in [0, 0.05) is 113 Å². The number of ether oxygens (including phenoxy) is 8. The number of carboxylic acid groups (broad SMARTS) is 1. The number of esters is 1. The van der Waals surface area contributed by atoms with Crippen molar-refractivity contribution >= 4 is 34.2 Å². The predicted octanol–water partition coefficient (Wildman–Crippen LogP) is 3.50. The van der Waals surface area contributed by atoms with E-state index in [-0.39, 0.29) is 87.1 Å². The highest BCUT2D eigenvalue weighted by atomic mass is 19.1. The molecule has 0 amide bonds. The zero-order chi connectivity index (χ0) is 71.6. The van der Waals surface area contributed by atoms with Crippen LogP contribution >= 0.6 is 0 Å². The molecule has 0 spiro atoms. The number of piperazine rings is 1. The van der Waals surface area contributed by atoms with Crippen molar-refractivity contribution in [2.75, 3.05) is 106 Å². The predicted molar refractivity (Wildman–Crippen MR) is 359 cm³/mol. The van der Waals surface area contributed by atoms with E-state index >= 15 is 0 Å². The van der Waals surface area contributed by atoms with E-state index in [9.17, 15) is 49.4 Å². The topological polar surface area (TPSA) is 356 Å². The minimum absolute atomic E-state index is 0.0307. The average Bonchev–Trinajstić information content (AvgIpc) is 1.28. The van der Waals surface area contributed by atoms with Gasteiger partial charge in [-0.3, -0.25) is 9.59 Å². The van der Waals surface area contributed by atoms with Crippen LogP contribution in [0.4, 0.5) is 10.1 Å². The maximum atomic E-state index is 14.6. The summed E-state index contributed by atoms with van der Waals surface area (Å²) in [6.45, 7) is 26.4. The first kappa shape index (κ1) is 82.5. The van der Waals surface area contributed by atoms with Crippen LogP contribution in [0.3, 0.4) is 0 Å². The smallest absolute Gasteiger partial charge is 0.341 e. The molecule has 11 N–H and O–H groups in total. The normalized spacial score (nSPS) is 34.5. The van der Waals surface area contributed by atoms with Crippen molar-refractivity contribution in [3.63, 3.8) is 0 Å². The molecule has 1 aromatic carbocycles. The van der Waals surface area contributed by atoms with Crippen LogP contribution in [0.5, 0.6) is 0 Å². The Kier molecular flexibility index (Phi) is 32.7. The number of carbonyl (C=O) groups excluding carboxylic acids is 1. The molecule has 0 radical (unpaired) electrons. The second-order valence-electron chi connectivity index (χ2n) is 27.6. The van der Waals surface area contributed by atoms with Crippen LogP contribution in [0.1, 0.15) is 151 Å². The zero-order valence-corrected chi connectivity index (χ0v) is 59.7. The van der Waals surface area contributed by atoms with Gasteiger partial charge < -0.3 is 114 Å². The first-order chi connectivity index (χ1) is 45.3. The van der Waals surface area contributed by atoms with Gasteiger partial charge in [-0.05, 0) is 113 Å². The highest BCUT2D eigenvalue weighted by molar-refractivity contribution is 5.93. The number of anilines is 1. The number of aliphatic hydroxyl groups excluding tert-OH is 5. The Balaban J connectivity index is 0.000000352. The lowest BCUT2D eigenvalue weighted by molar-refractivity contribution is -0.317. The number of hydrogen-bond acceptors (Lipinski definition) is 25. The lowest BCUT2D eigenvalue weighted by Crippen LogP contribution is -2.61. The Hall–Kier alpha value is -4.15. The summed E-state index contributed by atoms with van der Waals surface area (Å²) >= 11 is 0. The van der Waals surface area contributed by atoms with E-state index in [0.29, 0.717) is 43.0 Å². The number of aromatic nitrogens is 1. The number of likely N-dealkylation sites (N-methyl/N-ethyl adjacent to an activating group) is 1. The second-order valence-corrected chi connectivity index (χ2v) is 27.6. The number of aliphatic hydroxyl groups is 7. The Morgan fingerprint density at radius 2 is 1.50 bits per heavy atom. The van der Waals surface area contributed by atoms with Gasteiger partial charge in [0.15, 0.2) is 12.6 Å². The summed E-state index contributed by atoms with van der Waals surface area (Å²) in [7, 11) is 6.76. The van der Waals surface area contributed by atoms with Gasteiger partial charge in [-0.25, -0.2) is 9.18 Å². The summed E-state index contributed by atoms with van der Waals surface area (Å²) in [4.78, 5) is 47.5. The van der Waals surface area contributed by atoms with Gasteiger partial charge in [0.05, 0.1) is 91.0 Å². The fraction of sp³-hybridized carbons (Fsp3) is 0.824. The lowest BCUT2D eigenvalue weighted by atomic mass is 9.73. The third-order valence-electron chi connectivity index (χ3n) is 19.7. The third kappa shape index (κ3) is 21.7. The molecule has 1 saturated carbocycles. The Morgan fingerprint density at radius 3 is 2.04 bits per heavy atom. The van der Waals surface area contributed by atoms with Crippen molar-refractivity contribution in [1.82, 2.24) is 25.4 Å². The minimum Gasteiger partial charge on any atom is -0.477 e. The number of methoxy groups -OCH3 is 2. The molecule has 27 nitrogen and oxygen atoms in total. The SMILES string of the molecule is CC[C@@H](CO)NCCN[C@@H](CC)CO.CC[C@H]1OC(=O)[C@H](C)[C@@H](OC2CC(C)(OC)C(O)C(C)O2)[C@H](C)[C@@H](OC2OC(C)CC(N(C)C)C2O)[C@](C)(O)C[C@@H](C)/C(=N\OCOCCOC)[C@H](C)[C@@H](O)[C@]1(C)O.O=C(O)c1cn(C2CC2)c2cc(N3CCNCC3)c(F)cc2c1=O. The molecular weight excluding hydrogens is 1250 g/mol. The van der Waals surface area contributed by atoms with E-state index in [1.54, 1.807) is 61.6 Å². The van der Waals surface area contributed by atoms with Crippen LogP contribution in [-0.2, 0) is 47.5 Å². The van der Waals surface area contributed by atoms with Gasteiger partial charge in [0.25, 0.3) is 0 Å². The third-order valence-corrected chi connectivity index (χ3v) is 19.7. The van der Waals surface area contributed by atoms with Gasteiger partial charge >= 0.3 is 11.9 Å². The maximum Gasteiger partial charge on any atom is 0.341 e. The number of pyridine rings is 1. The van der Waals surface area contributed by atoms with Gasteiger partial charge in [0.1, 0.15) is 35.3 Å². The number of nitrogens with one attached hydrogen (secondary N) is 3. The van der Waals surface area contributed by atoms with E-state index in [1.165, 1.54) is 26.3 Å². The largest absolute Gasteiger partial charge is 0.477 e. The van der Waals surface area contributed by atoms with E-state index in [1.807, 2.05) is 56.2 Å². The summed E-state index contributed by atoms with van der Waals surface area (Å²) < 4.78 is 64.6. The van der Waals surface area contributed by atoms with Gasteiger partial charge in [-0.2, -0.15) is 0 Å². The summed E-state index contributed by atoms with van der Waals surface area (Å²) in [5.74, 6) is -5.90. The van der Waals surface area contributed by atoms with Crippen molar-refractivity contribution in [3.05, 3.63) is 39.9 Å². The number of aromatic carboxylic acids is 1. The number of oxime groups is 1. The van der Waals surface area contributed by atoms with Crippen LogP contribution in [-0.4, -0.2) is 265 Å². The zero-order valence-electron chi connectivity index (χ0n) is 59.7. The molecular formula is C68H118FN7O20. The van der Waals surface area contributed by atoms with E-state index in [4.69, 9.17) is 52.9 Å². The molecule has 4 aliphatic heterocycles. The van der Waals surface area contributed by atoms with Crippen molar-refractivity contribution < 1.29 is 97.6 Å². The fourth-order valence-electron chi connectivity index (χ4n) is 13.5. The Labute approximate surface area is 566 Å². The molecule has 5 fully saturated rings. The van der Waals surface area contributed by atoms with Crippen molar-refractivity contribution in [2.24, 2.45) is 28.8 Å². The van der Waals surface area contributed by atoms with E-state index < -0.39 is 119 Å². The maximum absolute atomic E-state index is 14.6. The van der Waals surface area contributed by atoms with Gasteiger partial charge in [-0.15, -0.1) is 0 Å². The number of hydrogen-bond donors (Lipinski definition) is 11. The summed E-state index contributed by atoms with van der Waals surface area (Å²) in [6, 6.07) is 3.15. The highest BCUT2D eigenvalue weighted by Crippen LogP contribution is 2.42. The molecule has 20 atom stereocenters. The molecule has 552 valence electrons. The van der Waals surface area contributed by atoms with E-state index in [0.717, 1.165) is 51.9 Å². The summed E-state index contributed by atoms with van der Waals surface area (Å²) in [5.41, 5.74) is -4.33. The van der Waals surface area contributed by atoms with Crippen LogP contribution in [0.25, 0.3) is 10.9 Å². The molecule has 5 heterocycles.